The molecule has 13 aromatic rings. The van der Waals surface area contributed by atoms with Gasteiger partial charge in [0.25, 0.3) is 33.4 Å². The number of nitrogen functional groups attached to an aromatic ring is 2. The highest BCUT2D eigenvalue weighted by Gasteiger charge is 2.28. The number of carboxylic acid groups (broad SMARTS) is 2. The van der Waals surface area contributed by atoms with Crippen molar-refractivity contribution in [2.45, 2.75) is 77.2 Å². The van der Waals surface area contributed by atoms with Crippen molar-refractivity contribution in [3.63, 3.8) is 0 Å². The number of aromatic amines is 5. The molecule has 30 heteroatoms. The van der Waals surface area contributed by atoms with E-state index in [0.717, 1.165) is 70.1 Å². The van der Waals surface area contributed by atoms with Crippen LogP contribution in [0.4, 0.5) is 23.3 Å². The number of hydrogen-bond donors (Lipinski definition) is 11. The third-order valence-electron chi connectivity index (χ3n) is 13.4. The third kappa shape index (κ3) is 16.3. The standard InChI is InChI=1S/C21H20N6O2.C12H6Cl2N4O4.C8H8N2.C8H11N.C7H7N3.C6H6N2O4.2CH4/c1-11-8-9-14(12(2)10-11)24-19(28)17-18(23-13(3)22-17)20(29)27-21-25-15-6-4-5-7-16(15)26-21;1-3-15-5(9(13)19)7-12(22)18-4(2)16-6(10(14)20)8(18)11(21)17(3)7;1-6-9-7-4-2-3-5-8(7)10-6;1-6-3-4-8(9)7(2)5-6;8-7-9-5-3-1-2-4-6(5)10-7;1-2-7-3(5(9)10)4(8-2)6(11)12;;/h4-10H,1-3H3,(H,22,23)(H,24,28)(H2,25,26,27,29);1-2H3;2-5H,1H3,(H,9,10);3-5H,9H2,1-2H3;1-4H,(H3,8,9,10);1H3,(H,7,8)(H,9,10)(H,11,12);2*1H4. The summed E-state index contributed by atoms with van der Waals surface area (Å²) in [4.78, 5) is 137. The fraction of sp³-hybridized carbons (Fsp3) is 0.172. The molecule has 8 aromatic heterocycles. The van der Waals surface area contributed by atoms with E-state index in [-0.39, 0.29) is 71.8 Å². The first-order chi connectivity index (χ1) is 43.6. The van der Waals surface area contributed by atoms with Crippen molar-refractivity contribution in [3.8, 4) is 0 Å². The maximum absolute atomic E-state index is 12.8. The molecule has 0 fully saturated rings. The first-order valence-corrected chi connectivity index (χ1v) is 28.2. The summed E-state index contributed by atoms with van der Waals surface area (Å²) in [7, 11) is 0. The highest BCUT2D eigenvalue weighted by atomic mass is 35.5. The van der Waals surface area contributed by atoms with Crippen LogP contribution in [0.3, 0.4) is 0 Å². The quantitative estimate of drug-likeness (QED) is 0.0497. The molecule has 0 unspecified atom stereocenters. The molecule has 0 saturated heterocycles. The largest absolute Gasteiger partial charge is 0.477 e. The molecule has 0 aliphatic carbocycles. The molecule has 5 aromatic carbocycles. The molecule has 8 heterocycles. The topological polar surface area (TPSA) is 431 Å². The van der Waals surface area contributed by atoms with Crippen LogP contribution in [0.15, 0.2) is 119 Å². The zero-order valence-electron chi connectivity index (χ0n) is 50.5. The fourth-order valence-corrected chi connectivity index (χ4v) is 9.52. The van der Waals surface area contributed by atoms with Crippen LogP contribution in [0.2, 0.25) is 0 Å². The highest BCUT2D eigenvalue weighted by Crippen LogP contribution is 2.21. The van der Waals surface area contributed by atoms with E-state index >= 15 is 0 Å². The second-order valence-electron chi connectivity index (χ2n) is 20.4. The van der Waals surface area contributed by atoms with Crippen LogP contribution in [-0.2, 0) is 0 Å². The molecule has 0 atom stereocenters. The van der Waals surface area contributed by atoms with Crippen LogP contribution in [0.25, 0.3) is 44.1 Å². The molecule has 0 saturated carbocycles. The lowest BCUT2D eigenvalue weighted by atomic mass is 10.1. The molecule has 2 amide bonds. The van der Waals surface area contributed by atoms with Gasteiger partial charge in [-0.05, 0) is 145 Å². The SMILES string of the molecule is C.C.Cc1ccc(N)c(C)c1.Cc1ccc(NC(=O)c2nc(C)[nH]c2C(=O)Nc2nc3ccccc3[nH]2)c(C)c1.Cc1nc(C(=O)Cl)c2c(=O)n3c(C)nc(C(=O)Cl)c3c(=O)n12.Cc1nc(C(=O)O)c(C(=O)O)[nH]1.Cc1nc2ccccc2[nH]1.Nc1nc2ccccc2[nH]1. The number of para-hydroxylation sites is 6. The van der Waals surface area contributed by atoms with Gasteiger partial charge in [0.1, 0.15) is 45.8 Å². The Labute approximate surface area is 544 Å². The average Bonchev–Trinajstić information content (AvgIpc) is 1.56. The van der Waals surface area contributed by atoms with Crippen molar-refractivity contribution < 1.29 is 39.0 Å². The Hall–Kier alpha value is -11.9. The number of carbonyl (C=O) groups excluding carboxylic acids is 4. The molecule has 28 nitrogen and oxygen atoms in total. The average molecular weight is 1320 g/mol. The number of carbonyl (C=O) groups is 6. The summed E-state index contributed by atoms with van der Waals surface area (Å²) in [5.41, 5.74) is 19.2. The minimum atomic E-state index is -1.35. The summed E-state index contributed by atoms with van der Waals surface area (Å²) >= 11 is 10.8. The summed E-state index contributed by atoms with van der Waals surface area (Å²) in [6.45, 7) is 16.0. The number of nitrogens with two attached hydrogens (primary N) is 2. The molecule has 0 bridgehead atoms. The number of aryl methyl sites for hydroxylation is 9. The lowest BCUT2D eigenvalue weighted by molar-refractivity contribution is 0.0644. The molecule has 0 radical (unpaired) electrons. The Morgan fingerprint density at radius 3 is 1.35 bits per heavy atom. The zero-order valence-corrected chi connectivity index (χ0v) is 52.0. The van der Waals surface area contributed by atoms with Crippen LogP contribution in [-0.4, -0.2) is 113 Å². The summed E-state index contributed by atoms with van der Waals surface area (Å²) in [5, 5.41) is 20.6. The van der Waals surface area contributed by atoms with Crippen molar-refractivity contribution in [2.24, 2.45) is 0 Å². The van der Waals surface area contributed by atoms with Gasteiger partial charge < -0.3 is 51.9 Å². The van der Waals surface area contributed by atoms with Gasteiger partial charge in [0, 0.05) is 11.4 Å². The second kappa shape index (κ2) is 30.3. The number of H-pyrrole nitrogens is 5. The highest BCUT2D eigenvalue weighted by molar-refractivity contribution is 6.68. The van der Waals surface area contributed by atoms with Gasteiger partial charge in [-0.1, -0.05) is 86.6 Å². The number of aromatic carboxylic acids is 2. The molecule has 0 aliphatic heterocycles. The van der Waals surface area contributed by atoms with Crippen molar-refractivity contribution in [2.75, 3.05) is 22.1 Å². The van der Waals surface area contributed by atoms with Gasteiger partial charge in [0.15, 0.2) is 34.4 Å². The minimum Gasteiger partial charge on any atom is -0.477 e. The number of anilines is 4. The summed E-state index contributed by atoms with van der Waals surface area (Å²) in [6.07, 6.45) is 0. The van der Waals surface area contributed by atoms with Gasteiger partial charge >= 0.3 is 11.9 Å². The maximum atomic E-state index is 12.8. The molecule has 486 valence electrons. The number of aromatic nitrogens is 14. The van der Waals surface area contributed by atoms with E-state index in [1.807, 2.05) is 131 Å². The van der Waals surface area contributed by atoms with Crippen molar-refractivity contribution in [1.82, 2.24) is 68.6 Å². The monoisotopic (exact) mass is 1320 g/mol. The van der Waals surface area contributed by atoms with Crippen molar-refractivity contribution >= 4 is 125 Å². The van der Waals surface area contributed by atoms with Crippen LogP contribution < -0.4 is 33.2 Å². The summed E-state index contributed by atoms with van der Waals surface area (Å²) in [5.74, 6) is -0.982. The Kier molecular flexibility index (Phi) is 22.9. The van der Waals surface area contributed by atoms with E-state index in [0.29, 0.717) is 23.4 Å². The van der Waals surface area contributed by atoms with Crippen LogP contribution in [0.5, 0.6) is 0 Å². The first-order valence-electron chi connectivity index (χ1n) is 27.5. The predicted octanol–water partition coefficient (Wildman–Crippen LogP) is 10.5. The number of fused-ring (bicyclic) bond motifs is 5. The molecule has 0 spiro atoms. The lowest BCUT2D eigenvalue weighted by Crippen LogP contribution is -2.28. The normalized spacial score (nSPS) is 10.4. The van der Waals surface area contributed by atoms with Crippen LogP contribution in [0.1, 0.15) is 129 Å². The fourth-order valence-electron chi connectivity index (χ4n) is 9.26. The predicted molar refractivity (Wildman–Crippen MR) is 361 cm³/mol. The number of benzene rings is 5. The molecular formula is C64H66Cl2N18O10. The Morgan fingerprint density at radius 2 is 0.904 bits per heavy atom. The van der Waals surface area contributed by atoms with Crippen molar-refractivity contribution in [1.29, 1.82) is 0 Å². The Bertz CT molecular complexity index is 4820. The third-order valence-corrected chi connectivity index (χ3v) is 13.7. The van der Waals surface area contributed by atoms with E-state index < -0.39 is 51.1 Å². The maximum Gasteiger partial charge on any atom is 0.357 e. The second-order valence-corrected chi connectivity index (χ2v) is 21.1. The Balaban J connectivity index is 0.000000189. The van der Waals surface area contributed by atoms with Gasteiger partial charge in [-0.2, -0.15) is 0 Å². The van der Waals surface area contributed by atoms with E-state index in [4.69, 9.17) is 44.9 Å². The van der Waals surface area contributed by atoms with Gasteiger partial charge in [-0.3, -0.25) is 42.9 Å². The minimum absolute atomic E-state index is 0. The number of nitrogens with zero attached hydrogens (tertiary/aromatic N) is 9. The summed E-state index contributed by atoms with van der Waals surface area (Å²) < 4.78 is 1.86. The molecule has 13 rings (SSSR count). The molecule has 13 N–H and O–H groups in total. The van der Waals surface area contributed by atoms with Gasteiger partial charge in [-0.25, -0.2) is 44.5 Å². The van der Waals surface area contributed by atoms with E-state index in [1.54, 1.807) is 6.92 Å². The van der Waals surface area contributed by atoms with E-state index in [1.165, 1.54) is 26.3 Å². The number of amides is 2. The van der Waals surface area contributed by atoms with Gasteiger partial charge in [0.2, 0.25) is 5.95 Å². The Morgan fingerprint density at radius 1 is 0.457 bits per heavy atom. The number of carboxylic acids is 2. The number of rotatable bonds is 8. The van der Waals surface area contributed by atoms with Crippen LogP contribution in [0, 0.1) is 62.3 Å². The van der Waals surface area contributed by atoms with Crippen LogP contribution >= 0.6 is 23.2 Å². The van der Waals surface area contributed by atoms with Gasteiger partial charge in [0.05, 0.1) is 33.1 Å². The number of halogens is 2. The van der Waals surface area contributed by atoms with E-state index in [9.17, 15) is 38.4 Å². The van der Waals surface area contributed by atoms with Gasteiger partial charge in [-0.15, -0.1) is 0 Å². The molecule has 0 aliphatic rings. The lowest BCUT2D eigenvalue weighted by Gasteiger charge is -2.09. The zero-order chi connectivity index (χ0) is 67.0. The summed E-state index contributed by atoms with van der Waals surface area (Å²) in [6, 6.07) is 34.9. The molecular weight excluding hydrogens is 1250 g/mol. The molecule has 94 heavy (non-hydrogen) atoms. The number of hydrogen-bond acceptors (Lipinski definition) is 17. The van der Waals surface area contributed by atoms with E-state index in [2.05, 4.69) is 83.4 Å². The smallest absolute Gasteiger partial charge is 0.357 e. The number of nitrogens with one attached hydrogen (secondary N) is 7. The first kappa shape index (κ1) is 71.2. The number of imidazole rings is 7. The van der Waals surface area contributed by atoms with Crippen molar-refractivity contribution in [3.05, 3.63) is 215 Å².